The van der Waals surface area contributed by atoms with Crippen molar-refractivity contribution in [3.8, 4) is 18.2 Å². The second kappa shape index (κ2) is 7.83. The number of nitrogens with one attached hydrogen (secondary N) is 1. The number of hydrogen-bond acceptors (Lipinski definition) is 5. The molecule has 86 valence electrons. The van der Waals surface area contributed by atoms with Crippen LogP contribution in [-0.4, -0.2) is 34.6 Å². The monoisotopic (exact) mass is 237 g/mol. The molecule has 0 unspecified atom stereocenters. The summed E-state index contributed by atoms with van der Waals surface area (Å²) >= 11 is 1.71. The Bertz CT molecular complexity index is 351. The van der Waals surface area contributed by atoms with Crippen LogP contribution < -0.4 is 10.1 Å². The third-order valence-corrected chi connectivity index (χ3v) is 2.54. The molecule has 0 bridgehead atoms. The minimum Gasteiger partial charge on any atom is -0.478 e. The number of thioether (sulfide) groups is 1. The Hall–Kier alpha value is -1.41. The lowest BCUT2D eigenvalue weighted by Gasteiger charge is -2.06. The summed E-state index contributed by atoms with van der Waals surface area (Å²) in [6, 6.07) is 1.79. The van der Waals surface area contributed by atoms with E-state index >= 15 is 0 Å². The zero-order valence-corrected chi connectivity index (χ0v) is 10.1. The molecule has 1 aromatic heterocycles. The predicted octanol–water partition coefficient (Wildman–Crippen LogP) is 1.65. The highest BCUT2D eigenvalue weighted by Crippen LogP contribution is 2.10. The standard InChI is InChI=1S/C11H15N3OS/c1-3-6-16-7-5-12-10-8-11(15-4-2)14-9-13-10/h1,8-9H,4-7H2,2H3,(H,12,13,14). The summed E-state index contributed by atoms with van der Waals surface area (Å²) in [7, 11) is 0. The SMILES string of the molecule is C#CCSCCNc1cc(OCC)ncn1. The molecule has 0 spiro atoms. The fourth-order valence-electron chi connectivity index (χ4n) is 1.05. The van der Waals surface area contributed by atoms with Crippen LogP contribution >= 0.6 is 11.8 Å². The Morgan fingerprint density at radius 3 is 3.19 bits per heavy atom. The fraction of sp³-hybridized carbons (Fsp3) is 0.455. The number of ether oxygens (including phenoxy) is 1. The largest absolute Gasteiger partial charge is 0.478 e. The first-order valence-electron chi connectivity index (χ1n) is 5.06. The summed E-state index contributed by atoms with van der Waals surface area (Å²) in [6.07, 6.45) is 6.63. The molecule has 1 heterocycles. The molecule has 1 rings (SSSR count). The topological polar surface area (TPSA) is 47.0 Å². The number of terminal acetylenes is 1. The number of nitrogens with zero attached hydrogens (tertiary/aromatic N) is 2. The van der Waals surface area contributed by atoms with Crippen LogP contribution in [0.3, 0.4) is 0 Å². The van der Waals surface area contributed by atoms with Gasteiger partial charge in [0.15, 0.2) is 0 Å². The van der Waals surface area contributed by atoms with E-state index in [0.29, 0.717) is 12.5 Å². The van der Waals surface area contributed by atoms with Gasteiger partial charge in [-0.2, -0.15) is 0 Å². The van der Waals surface area contributed by atoms with E-state index in [4.69, 9.17) is 11.2 Å². The molecule has 0 radical (unpaired) electrons. The second-order valence-corrected chi connectivity index (χ2v) is 3.96. The van der Waals surface area contributed by atoms with E-state index in [1.165, 1.54) is 6.33 Å². The number of hydrogen-bond donors (Lipinski definition) is 1. The zero-order valence-electron chi connectivity index (χ0n) is 9.27. The zero-order chi connectivity index (χ0) is 11.6. The molecule has 4 nitrogen and oxygen atoms in total. The number of anilines is 1. The average Bonchev–Trinajstić information content (AvgIpc) is 2.30. The van der Waals surface area contributed by atoms with Gasteiger partial charge in [-0.3, -0.25) is 0 Å². The van der Waals surface area contributed by atoms with Gasteiger partial charge in [0.2, 0.25) is 5.88 Å². The quantitative estimate of drug-likeness (QED) is 0.577. The third kappa shape index (κ3) is 4.89. The Labute approximate surface area is 100 Å². The minimum absolute atomic E-state index is 0.594. The normalized spacial score (nSPS) is 9.50. The van der Waals surface area contributed by atoms with Gasteiger partial charge in [-0.1, -0.05) is 5.92 Å². The van der Waals surface area contributed by atoms with Gasteiger partial charge in [-0.05, 0) is 6.92 Å². The molecule has 16 heavy (non-hydrogen) atoms. The van der Waals surface area contributed by atoms with E-state index in [-0.39, 0.29) is 0 Å². The van der Waals surface area contributed by atoms with Crippen LogP contribution in [0.15, 0.2) is 12.4 Å². The van der Waals surface area contributed by atoms with Crippen LogP contribution in [0.1, 0.15) is 6.92 Å². The van der Waals surface area contributed by atoms with Crippen LogP contribution in [0, 0.1) is 12.3 Å². The van der Waals surface area contributed by atoms with Gasteiger partial charge in [0.1, 0.15) is 12.1 Å². The summed E-state index contributed by atoms with van der Waals surface area (Å²) in [5.41, 5.74) is 0. The molecule has 0 aliphatic carbocycles. The summed E-state index contributed by atoms with van der Waals surface area (Å²) < 4.78 is 5.27. The van der Waals surface area contributed by atoms with Crippen LogP contribution in [0.2, 0.25) is 0 Å². The Morgan fingerprint density at radius 1 is 1.56 bits per heavy atom. The van der Waals surface area contributed by atoms with Crippen molar-refractivity contribution in [2.45, 2.75) is 6.92 Å². The van der Waals surface area contributed by atoms with Crippen LogP contribution in [0.25, 0.3) is 0 Å². The van der Waals surface area contributed by atoms with Crippen molar-refractivity contribution in [2.75, 3.05) is 30.0 Å². The summed E-state index contributed by atoms with van der Waals surface area (Å²) in [5, 5.41) is 3.18. The van der Waals surface area contributed by atoms with Gasteiger partial charge in [0, 0.05) is 18.4 Å². The Balaban J connectivity index is 2.30. The summed E-state index contributed by atoms with van der Waals surface area (Å²) in [4.78, 5) is 8.07. The molecule has 0 aliphatic rings. The van der Waals surface area contributed by atoms with Gasteiger partial charge >= 0.3 is 0 Å². The van der Waals surface area contributed by atoms with Crippen molar-refractivity contribution in [1.82, 2.24) is 9.97 Å². The molecule has 0 fully saturated rings. The second-order valence-electron chi connectivity index (χ2n) is 2.86. The lowest BCUT2D eigenvalue weighted by molar-refractivity contribution is 0.326. The molecule has 5 heteroatoms. The molecule has 0 atom stereocenters. The highest BCUT2D eigenvalue weighted by atomic mass is 32.2. The molecular weight excluding hydrogens is 222 g/mol. The first-order valence-corrected chi connectivity index (χ1v) is 6.22. The molecule has 0 amide bonds. The van der Waals surface area contributed by atoms with Crippen LogP contribution in [0.4, 0.5) is 5.82 Å². The highest BCUT2D eigenvalue weighted by molar-refractivity contribution is 7.99. The number of aromatic nitrogens is 2. The predicted molar refractivity (Wildman–Crippen MR) is 67.8 cm³/mol. The maximum absolute atomic E-state index is 5.27. The van der Waals surface area contributed by atoms with Gasteiger partial charge in [-0.25, -0.2) is 9.97 Å². The first-order chi connectivity index (χ1) is 7.86. The van der Waals surface area contributed by atoms with E-state index in [1.54, 1.807) is 17.8 Å². The Kier molecular flexibility index (Phi) is 6.19. The molecule has 1 N–H and O–H groups in total. The minimum atomic E-state index is 0.594. The van der Waals surface area contributed by atoms with Gasteiger partial charge in [-0.15, -0.1) is 18.2 Å². The Morgan fingerprint density at radius 2 is 2.44 bits per heavy atom. The maximum Gasteiger partial charge on any atom is 0.218 e. The summed E-state index contributed by atoms with van der Waals surface area (Å²) in [5.74, 6) is 5.66. The molecule has 0 aliphatic heterocycles. The van der Waals surface area contributed by atoms with E-state index in [9.17, 15) is 0 Å². The van der Waals surface area contributed by atoms with E-state index in [1.807, 2.05) is 6.92 Å². The third-order valence-electron chi connectivity index (χ3n) is 1.67. The van der Waals surface area contributed by atoms with Crippen molar-refractivity contribution in [2.24, 2.45) is 0 Å². The lowest BCUT2D eigenvalue weighted by Crippen LogP contribution is -2.06. The molecule has 0 saturated carbocycles. The molecule has 0 saturated heterocycles. The fourth-order valence-corrected chi connectivity index (χ4v) is 1.55. The van der Waals surface area contributed by atoms with Crippen LogP contribution in [-0.2, 0) is 0 Å². The van der Waals surface area contributed by atoms with Crippen molar-refractivity contribution in [3.05, 3.63) is 12.4 Å². The van der Waals surface area contributed by atoms with Crippen molar-refractivity contribution >= 4 is 17.6 Å². The highest BCUT2D eigenvalue weighted by Gasteiger charge is 1.97. The maximum atomic E-state index is 5.27. The smallest absolute Gasteiger partial charge is 0.218 e. The van der Waals surface area contributed by atoms with Crippen LogP contribution in [0.5, 0.6) is 5.88 Å². The van der Waals surface area contributed by atoms with Gasteiger partial charge in [0.05, 0.1) is 12.4 Å². The van der Waals surface area contributed by atoms with Gasteiger partial charge < -0.3 is 10.1 Å². The summed E-state index contributed by atoms with van der Waals surface area (Å²) in [6.45, 7) is 3.36. The molecule has 1 aromatic rings. The van der Waals surface area contributed by atoms with E-state index in [0.717, 1.165) is 23.9 Å². The lowest BCUT2D eigenvalue weighted by atomic mass is 10.5. The number of rotatable bonds is 7. The van der Waals surface area contributed by atoms with E-state index in [2.05, 4.69) is 21.2 Å². The van der Waals surface area contributed by atoms with E-state index < -0.39 is 0 Å². The molecule has 0 aromatic carbocycles. The van der Waals surface area contributed by atoms with Crippen molar-refractivity contribution in [1.29, 1.82) is 0 Å². The first kappa shape index (κ1) is 12.7. The van der Waals surface area contributed by atoms with Crippen molar-refractivity contribution < 1.29 is 4.74 Å². The average molecular weight is 237 g/mol. The van der Waals surface area contributed by atoms with Crippen molar-refractivity contribution in [3.63, 3.8) is 0 Å². The molecular formula is C11H15N3OS. The van der Waals surface area contributed by atoms with Gasteiger partial charge in [0.25, 0.3) is 0 Å².